The van der Waals surface area contributed by atoms with Crippen molar-refractivity contribution in [1.82, 2.24) is 35.3 Å². The number of aromatic hydroxyl groups is 1. The van der Waals surface area contributed by atoms with Crippen LogP contribution in [0.1, 0.15) is 48.3 Å². The molecule has 3 aromatic heterocycles. The van der Waals surface area contributed by atoms with Crippen LogP contribution < -0.4 is 20.9 Å². The molecule has 7 rings (SSSR count). The van der Waals surface area contributed by atoms with Crippen molar-refractivity contribution in [1.29, 1.82) is 0 Å². The number of fused-ring (bicyclic) bond motifs is 1. The van der Waals surface area contributed by atoms with Gasteiger partial charge in [-0.05, 0) is 42.5 Å². The van der Waals surface area contributed by atoms with E-state index in [2.05, 4.69) is 26.1 Å². The van der Waals surface area contributed by atoms with E-state index in [0.29, 0.717) is 66.7 Å². The van der Waals surface area contributed by atoms with Crippen molar-refractivity contribution in [2.24, 2.45) is 0 Å². The number of phenols is 1. The molecule has 0 spiro atoms. The van der Waals surface area contributed by atoms with Crippen LogP contribution in [0.3, 0.4) is 0 Å². The maximum Gasteiger partial charge on any atom is 0.315 e. The van der Waals surface area contributed by atoms with Gasteiger partial charge >= 0.3 is 6.03 Å². The highest BCUT2D eigenvalue weighted by Crippen LogP contribution is 2.40. The van der Waals surface area contributed by atoms with E-state index in [1.54, 1.807) is 28.8 Å². The lowest BCUT2D eigenvalue weighted by molar-refractivity contribution is -0.0434. The fourth-order valence-electron chi connectivity index (χ4n) is 6.48. The molecule has 268 valence electrons. The van der Waals surface area contributed by atoms with Crippen molar-refractivity contribution in [3.05, 3.63) is 89.6 Å². The second-order valence-corrected chi connectivity index (χ2v) is 12.8. The van der Waals surface area contributed by atoms with Crippen LogP contribution in [0.4, 0.5) is 16.6 Å². The Morgan fingerprint density at radius 3 is 2.65 bits per heavy atom. The Labute approximate surface area is 293 Å². The molecule has 0 radical (unpaired) electrons. The number of phenolic OH excluding ortho intramolecular Hbond substituents is 1. The van der Waals surface area contributed by atoms with Gasteiger partial charge in [0, 0.05) is 31.7 Å². The van der Waals surface area contributed by atoms with E-state index >= 15 is 0 Å². The minimum Gasteiger partial charge on any atom is -0.508 e. The quantitative estimate of drug-likeness (QED) is 0.0995. The number of nitrogens with one attached hydrogen (secondary N) is 3. The number of aliphatic hydroxyl groups is 3. The maximum absolute atomic E-state index is 12.7. The molecule has 2 fully saturated rings. The number of benzene rings is 2. The maximum atomic E-state index is 12.7. The van der Waals surface area contributed by atoms with Crippen LogP contribution in [0.15, 0.2) is 71.5 Å². The highest BCUT2D eigenvalue weighted by molar-refractivity contribution is 5.85. The monoisotopic (exact) mass is 699 g/mol. The first kappa shape index (κ1) is 34.2. The second-order valence-electron chi connectivity index (χ2n) is 12.8. The predicted octanol–water partition coefficient (Wildman–Crippen LogP) is 2.17. The Balaban J connectivity index is 1.14. The van der Waals surface area contributed by atoms with E-state index in [0.717, 1.165) is 11.1 Å². The highest BCUT2D eigenvalue weighted by Gasteiger charge is 2.47. The lowest BCUT2D eigenvalue weighted by Crippen LogP contribution is -2.43. The SMILES string of the molecule is CCc1cc([C@H]2O[C@@H](n3cnc4c(N[C@H](CO)Cc5ccccc5)nc(N5CC[C@@H](NC(=O)NCc6cccc(O)c6)C5)nc43)[C@@H](O)[C@@H]2O)on1. The number of carbonyl (C=O) groups is 1. The number of amides is 2. The Hall–Kier alpha value is -5.29. The molecule has 0 bridgehead atoms. The number of urea groups is 1. The number of aliphatic hydroxyl groups excluding tert-OH is 3. The molecule has 2 aliphatic rings. The van der Waals surface area contributed by atoms with E-state index in [1.807, 2.05) is 48.2 Å². The number of carbonyl (C=O) groups excluding carboxylic acids is 1. The van der Waals surface area contributed by atoms with E-state index < -0.39 is 30.6 Å². The number of anilines is 2. The molecular weight excluding hydrogens is 658 g/mol. The van der Waals surface area contributed by atoms with Gasteiger partial charge in [-0.2, -0.15) is 9.97 Å². The van der Waals surface area contributed by atoms with Crippen LogP contribution >= 0.6 is 0 Å². The van der Waals surface area contributed by atoms with Gasteiger partial charge in [-0.1, -0.05) is 54.5 Å². The zero-order valence-corrected chi connectivity index (χ0v) is 28.0. The molecule has 6 atom stereocenters. The summed E-state index contributed by atoms with van der Waals surface area (Å²) in [5.41, 5.74) is 3.21. The summed E-state index contributed by atoms with van der Waals surface area (Å²) in [5.74, 6) is 1.15. The van der Waals surface area contributed by atoms with Crippen molar-refractivity contribution >= 4 is 29.0 Å². The van der Waals surface area contributed by atoms with E-state index in [4.69, 9.17) is 19.2 Å². The third kappa shape index (κ3) is 7.44. The topological polar surface area (TPSA) is 216 Å². The number of aryl methyl sites for hydroxylation is 1. The first-order valence-electron chi connectivity index (χ1n) is 17.0. The van der Waals surface area contributed by atoms with Gasteiger partial charge in [-0.25, -0.2) is 9.78 Å². The van der Waals surface area contributed by atoms with Gasteiger partial charge in [-0.15, -0.1) is 0 Å². The van der Waals surface area contributed by atoms with Gasteiger partial charge in [0.1, 0.15) is 24.1 Å². The summed E-state index contributed by atoms with van der Waals surface area (Å²) in [6.07, 6.45) is -1.43. The molecule has 2 aromatic carbocycles. The third-order valence-corrected chi connectivity index (χ3v) is 9.20. The van der Waals surface area contributed by atoms with E-state index in [9.17, 15) is 25.2 Å². The average Bonchev–Trinajstić information content (AvgIpc) is 3.95. The van der Waals surface area contributed by atoms with E-state index in [-0.39, 0.29) is 31.0 Å². The zero-order valence-electron chi connectivity index (χ0n) is 28.0. The van der Waals surface area contributed by atoms with Gasteiger partial charge in [-0.3, -0.25) is 4.57 Å². The molecule has 0 aliphatic carbocycles. The number of ether oxygens (including phenoxy) is 1. The first-order chi connectivity index (χ1) is 24.8. The summed E-state index contributed by atoms with van der Waals surface area (Å²) in [6.45, 7) is 2.96. The van der Waals surface area contributed by atoms with Crippen LogP contribution in [0.25, 0.3) is 11.2 Å². The lowest BCUT2D eigenvalue weighted by Gasteiger charge is -2.22. The third-order valence-electron chi connectivity index (χ3n) is 9.20. The molecule has 16 nitrogen and oxygen atoms in total. The average molecular weight is 700 g/mol. The number of nitrogens with zero attached hydrogens (tertiary/aromatic N) is 6. The Bertz CT molecular complexity index is 1950. The Kier molecular flexibility index (Phi) is 9.99. The molecule has 51 heavy (non-hydrogen) atoms. The van der Waals surface area contributed by atoms with Crippen molar-refractivity contribution in [3.8, 4) is 5.75 Å². The minimum absolute atomic E-state index is 0.129. The summed E-state index contributed by atoms with van der Waals surface area (Å²) in [5, 5.41) is 55.4. The van der Waals surface area contributed by atoms with Gasteiger partial charge in [0.05, 0.1) is 24.7 Å². The normalized spacial score (nSPS) is 22.4. The molecule has 16 heteroatoms. The number of hydrogen-bond acceptors (Lipinski definition) is 13. The lowest BCUT2D eigenvalue weighted by atomic mass is 10.1. The van der Waals surface area contributed by atoms with Gasteiger partial charge in [0.15, 0.2) is 29.0 Å². The smallest absolute Gasteiger partial charge is 0.315 e. The Morgan fingerprint density at radius 1 is 1.06 bits per heavy atom. The van der Waals surface area contributed by atoms with Crippen molar-refractivity contribution in [2.45, 2.75) is 69.4 Å². The molecule has 2 aliphatic heterocycles. The molecule has 5 heterocycles. The summed E-state index contributed by atoms with van der Waals surface area (Å²) in [7, 11) is 0. The Morgan fingerprint density at radius 2 is 1.88 bits per heavy atom. The highest BCUT2D eigenvalue weighted by atomic mass is 16.6. The summed E-state index contributed by atoms with van der Waals surface area (Å²) >= 11 is 0. The number of imidazole rings is 1. The molecule has 7 N–H and O–H groups in total. The molecule has 0 unspecified atom stereocenters. The number of rotatable bonds is 12. The summed E-state index contributed by atoms with van der Waals surface area (Å²) < 4.78 is 13.2. The largest absolute Gasteiger partial charge is 0.508 e. The summed E-state index contributed by atoms with van der Waals surface area (Å²) in [6, 6.07) is 17.2. The zero-order chi connectivity index (χ0) is 35.5. The standard InChI is InChI=1S/C35H41N9O7/c1-2-22-15-26(51-42-22)30-28(47)29(48)33(50-30)44-19-37-27-31(38-24(18-45)13-20-7-4-3-5-8-20)40-34(41-32(27)44)43-12-11-23(17-43)39-35(49)36-16-21-9-6-10-25(46)14-21/h3-10,14-15,19,23-24,28-30,33,45-48H,2,11-13,16-18H2,1H3,(H2,36,39,49)(H,38,40,41)/t23-,24+,28+,29+,30-,33-/m1/s1. The first-order valence-corrected chi connectivity index (χ1v) is 17.0. The minimum atomic E-state index is -1.35. The van der Waals surface area contributed by atoms with Crippen LogP contribution in [-0.4, -0.2) is 95.1 Å². The molecule has 5 aromatic rings. The van der Waals surface area contributed by atoms with Crippen LogP contribution in [0.5, 0.6) is 5.75 Å². The van der Waals surface area contributed by atoms with Crippen molar-refractivity contribution in [2.75, 3.05) is 29.9 Å². The molecule has 0 saturated carbocycles. The van der Waals surface area contributed by atoms with Gasteiger partial charge in [0.2, 0.25) is 5.95 Å². The van der Waals surface area contributed by atoms with Gasteiger partial charge in [0.25, 0.3) is 0 Å². The van der Waals surface area contributed by atoms with Crippen LogP contribution in [-0.2, 0) is 24.1 Å². The predicted molar refractivity (Wildman–Crippen MR) is 185 cm³/mol. The number of hydrogen-bond donors (Lipinski definition) is 7. The molecule has 2 saturated heterocycles. The van der Waals surface area contributed by atoms with Crippen molar-refractivity contribution < 1.29 is 34.5 Å². The summed E-state index contributed by atoms with van der Waals surface area (Å²) in [4.78, 5) is 29.0. The fourth-order valence-corrected chi connectivity index (χ4v) is 6.48. The van der Waals surface area contributed by atoms with Gasteiger partial charge < -0.3 is 50.5 Å². The van der Waals surface area contributed by atoms with Crippen molar-refractivity contribution in [3.63, 3.8) is 0 Å². The number of aromatic nitrogens is 5. The molecule has 2 amide bonds. The second kappa shape index (κ2) is 14.9. The molecular formula is C35H41N9O7. The van der Waals surface area contributed by atoms with Crippen LogP contribution in [0, 0.1) is 0 Å². The van der Waals surface area contributed by atoms with Crippen LogP contribution in [0.2, 0.25) is 0 Å². The fraction of sp³-hybridized carbons (Fsp3) is 0.400. The van der Waals surface area contributed by atoms with E-state index in [1.165, 1.54) is 6.33 Å².